The van der Waals surface area contributed by atoms with Crippen molar-refractivity contribution in [2.24, 2.45) is 11.8 Å². The molecule has 3 heterocycles. The smallest absolute Gasteiger partial charge is 0.269 e. The molecular formula is C19H28N4O2. The van der Waals surface area contributed by atoms with Crippen molar-refractivity contribution in [2.75, 3.05) is 38.1 Å². The van der Waals surface area contributed by atoms with Crippen LogP contribution in [0.15, 0.2) is 18.3 Å². The van der Waals surface area contributed by atoms with Gasteiger partial charge in [0.05, 0.1) is 11.9 Å². The number of carbonyl (C=O) groups excluding carboxylic acids is 2. The van der Waals surface area contributed by atoms with E-state index in [0.29, 0.717) is 11.6 Å². The highest BCUT2D eigenvalue weighted by atomic mass is 16.2. The Morgan fingerprint density at radius 1 is 1.08 bits per heavy atom. The van der Waals surface area contributed by atoms with E-state index in [1.165, 1.54) is 0 Å². The summed E-state index contributed by atoms with van der Waals surface area (Å²) in [6.45, 7) is 5.84. The Morgan fingerprint density at radius 2 is 1.76 bits per heavy atom. The molecule has 1 aromatic rings. The first-order valence-electron chi connectivity index (χ1n) is 9.30. The second kappa shape index (κ2) is 7.85. The lowest BCUT2D eigenvalue weighted by molar-refractivity contribution is -0.137. The van der Waals surface area contributed by atoms with Crippen LogP contribution in [0.4, 0.5) is 5.69 Å². The van der Waals surface area contributed by atoms with E-state index >= 15 is 0 Å². The van der Waals surface area contributed by atoms with Crippen LogP contribution >= 0.6 is 0 Å². The summed E-state index contributed by atoms with van der Waals surface area (Å²) < 4.78 is 0. The number of amides is 2. The van der Waals surface area contributed by atoms with Crippen LogP contribution in [-0.4, -0.2) is 54.9 Å². The molecule has 3 rings (SSSR count). The topological polar surface area (TPSA) is 65.5 Å². The maximum absolute atomic E-state index is 12.7. The van der Waals surface area contributed by atoms with Gasteiger partial charge in [-0.3, -0.25) is 9.59 Å². The van der Waals surface area contributed by atoms with E-state index in [2.05, 4.69) is 27.0 Å². The first-order chi connectivity index (χ1) is 12.1. The van der Waals surface area contributed by atoms with Crippen molar-refractivity contribution >= 4 is 17.5 Å². The predicted octanol–water partition coefficient (Wildman–Crippen LogP) is 1.92. The molecule has 0 aromatic carbocycles. The van der Waals surface area contributed by atoms with Gasteiger partial charge in [0.2, 0.25) is 5.91 Å². The number of rotatable bonds is 3. The SMILES string of the molecule is CNC(=O)c1ccc(N2CCC(C(=O)N3CCC(C)CC3)CC2)cn1. The van der Waals surface area contributed by atoms with Crippen molar-refractivity contribution in [1.82, 2.24) is 15.2 Å². The molecule has 2 aliphatic heterocycles. The minimum Gasteiger partial charge on any atom is -0.370 e. The molecule has 1 N–H and O–H groups in total. The summed E-state index contributed by atoms with van der Waals surface area (Å²) in [5.41, 5.74) is 1.45. The van der Waals surface area contributed by atoms with E-state index in [1.54, 1.807) is 19.3 Å². The van der Waals surface area contributed by atoms with Crippen LogP contribution in [0.25, 0.3) is 0 Å². The first-order valence-corrected chi connectivity index (χ1v) is 9.30. The number of carbonyl (C=O) groups is 2. The average Bonchev–Trinajstić information content (AvgIpc) is 2.67. The molecule has 2 aliphatic rings. The predicted molar refractivity (Wildman–Crippen MR) is 97.5 cm³/mol. The summed E-state index contributed by atoms with van der Waals surface area (Å²) in [7, 11) is 1.60. The molecule has 0 atom stereocenters. The van der Waals surface area contributed by atoms with Crippen LogP contribution in [-0.2, 0) is 4.79 Å². The maximum atomic E-state index is 12.7. The molecule has 136 valence electrons. The third-order valence-corrected chi connectivity index (χ3v) is 5.51. The molecule has 6 nitrogen and oxygen atoms in total. The van der Waals surface area contributed by atoms with Gasteiger partial charge in [0.25, 0.3) is 5.91 Å². The summed E-state index contributed by atoms with van der Waals surface area (Å²) in [4.78, 5) is 32.8. The molecule has 1 aromatic heterocycles. The van der Waals surface area contributed by atoms with Crippen molar-refractivity contribution in [1.29, 1.82) is 0 Å². The van der Waals surface area contributed by atoms with Gasteiger partial charge in [0.1, 0.15) is 5.69 Å². The van der Waals surface area contributed by atoms with Crippen molar-refractivity contribution in [3.63, 3.8) is 0 Å². The quantitative estimate of drug-likeness (QED) is 0.910. The molecule has 0 saturated carbocycles. The molecule has 0 unspecified atom stereocenters. The average molecular weight is 344 g/mol. The third-order valence-electron chi connectivity index (χ3n) is 5.51. The highest BCUT2D eigenvalue weighted by Crippen LogP contribution is 2.26. The van der Waals surface area contributed by atoms with E-state index in [4.69, 9.17) is 0 Å². The second-order valence-electron chi connectivity index (χ2n) is 7.25. The van der Waals surface area contributed by atoms with Crippen LogP contribution in [0.2, 0.25) is 0 Å². The summed E-state index contributed by atoms with van der Waals surface area (Å²) in [5, 5.41) is 2.58. The molecule has 0 radical (unpaired) electrons. The Morgan fingerprint density at radius 3 is 2.32 bits per heavy atom. The highest BCUT2D eigenvalue weighted by Gasteiger charge is 2.30. The number of likely N-dealkylation sites (tertiary alicyclic amines) is 1. The fraction of sp³-hybridized carbons (Fsp3) is 0.632. The van der Waals surface area contributed by atoms with Crippen LogP contribution < -0.4 is 10.2 Å². The van der Waals surface area contributed by atoms with Gasteiger partial charge >= 0.3 is 0 Å². The molecule has 0 bridgehead atoms. The van der Waals surface area contributed by atoms with Gasteiger partial charge in [-0.1, -0.05) is 6.92 Å². The number of nitrogens with zero attached hydrogens (tertiary/aromatic N) is 3. The molecule has 2 amide bonds. The second-order valence-corrected chi connectivity index (χ2v) is 7.25. The Hall–Kier alpha value is -2.11. The largest absolute Gasteiger partial charge is 0.370 e. The number of nitrogens with one attached hydrogen (secondary N) is 1. The van der Waals surface area contributed by atoms with Crippen molar-refractivity contribution < 1.29 is 9.59 Å². The molecule has 0 spiro atoms. The normalized spacial score (nSPS) is 19.8. The fourth-order valence-electron chi connectivity index (χ4n) is 3.71. The van der Waals surface area contributed by atoms with E-state index in [-0.39, 0.29) is 11.8 Å². The molecule has 0 aliphatic carbocycles. The van der Waals surface area contributed by atoms with Crippen LogP contribution in [0.3, 0.4) is 0 Å². The van der Waals surface area contributed by atoms with Gasteiger partial charge < -0.3 is 15.1 Å². The Balaban J connectivity index is 1.53. The minimum absolute atomic E-state index is 0.155. The number of anilines is 1. The zero-order chi connectivity index (χ0) is 17.8. The molecule has 2 saturated heterocycles. The van der Waals surface area contributed by atoms with E-state index in [0.717, 1.165) is 63.5 Å². The summed E-state index contributed by atoms with van der Waals surface area (Å²) in [5.74, 6) is 1.07. The van der Waals surface area contributed by atoms with E-state index < -0.39 is 0 Å². The molecule has 2 fully saturated rings. The number of piperidine rings is 2. The van der Waals surface area contributed by atoms with Crippen molar-refractivity contribution in [2.45, 2.75) is 32.6 Å². The van der Waals surface area contributed by atoms with Crippen LogP contribution in [0.1, 0.15) is 43.1 Å². The summed E-state index contributed by atoms with van der Waals surface area (Å²) in [6, 6.07) is 3.69. The standard InChI is InChI=1S/C19H28N4O2/c1-14-5-9-23(10-6-14)19(25)15-7-11-22(12-8-15)16-3-4-17(21-13-16)18(24)20-2/h3-4,13-15H,5-12H2,1-2H3,(H,20,24). The van der Waals surface area contributed by atoms with E-state index in [1.807, 2.05) is 6.07 Å². The molecule has 25 heavy (non-hydrogen) atoms. The Labute approximate surface area is 149 Å². The van der Waals surface area contributed by atoms with Crippen molar-refractivity contribution in [3.8, 4) is 0 Å². The van der Waals surface area contributed by atoms with Gasteiger partial charge in [-0.25, -0.2) is 4.98 Å². The lowest BCUT2D eigenvalue weighted by atomic mass is 9.92. The first kappa shape index (κ1) is 17.7. The minimum atomic E-state index is -0.174. The monoisotopic (exact) mass is 344 g/mol. The zero-order valence-electron chi connectivity index (χ0n) is 15.2. The zero-order valence-corrected chi connectivity index (χ0v) is 15.2. The van der Waals surface area contributed by atoms with Gasteiger partial charge in [0.15, 0.2) is 0 Å². The van der Waals surface area contributed by atoms with Gasteiger partial charge in [0, 0.05) is 39.1 Å². The van der Waals surface area contributed by atoms with Crippen LogP contribution in [0, 0.1) is 11.8 Å². The third kappa shape index (κ3) is 4.11. The van der Waals surface area contributed by atoms with Gasteiger partial charge in [-0.2, -0.15) is 0 Å². The lowest BCUT2D eigenvalue weighted by Gasteiger charge is -2.37. The molecular weight excluding hydrogens is 316 g/mol. The Bertz CT molecular complexity index is 600. The van der Waals surface area contributed by atoms with Crippen molar-refractivity contribution in [3.05, 3.63) is 24.0 Å². The molecule has 6 heteroatoms. The highest BCUT2D eigenvalue weighted by molar-refractivity contribution is 5.92. The Kier molecular flexibility index (Phi) is 5.56. The van der Waals surface area contributed by atoms with E-state index in [9.17, 15) is 9.59 Å². The number of aromatic nitrogens is 1. The lowest BCUT2D eigenvalue weighted by Crippen LogP contribution is -2.45. The van der Waals surface area contributed by atoms with Crippen LogP contribution in [0.5, 0.6) is 0 Å². The maximum Gasteiger partial charge on any atom is 0.269 e. The number of hydrogen-bond acceptors (Lipinski definition) is 4. The van der Waals surface area contributed by atoms with Gasteiger partial charge in [-0.05, 0) is 43.7 Å². The fourth-order valence-corrected chi connectivity index (χ4v) is 3.71. The van der Waals surface area contributed by atoms with Gasteiger partial charge in [-0.15, -0.1) is 0 Å². The number of pyridine rings is 1. The summed E-state index contributed by atoms with van der Waals surface area (Å²) >= 11 is 0. The summed E-state index contributed by atoms with van der Waals surface area (Å²) in [6.07, 6.45) is 5.80. The number of hydrogen-bond donors (Lipinski definition) is 1.